The summed E-state index contributed by atoms with van der Waals surface area (Å²) in [4.78, 5) is 11.8. The van der Waals surface area contributed by atoms with Crippen LogP contribution in [0.25, 0.3) is 0 Å². The highest BCUT2D eigenvalue weighted by Gasteiger charge is 2.37. The summed E-state index contributed by atoms with van der Waals surface area (Å²) in [5.41, 5.74) is 5.14. The zero-order valence-electron chi connectivity index (χ0n) is 8.91. The highest BCUT2D eigenvalue weighted by molar-refractivity contribution is 5.77. The summed E-state index contributed by atoms with van der Waals surface area (Å²) >= 11 is 0. The third-order valence-corrected chi connectivity index (χ3v) is 3.06. The van der Waals surface area contributed by atoms with E-state index in [4.69, 9.17) is 15.2 Å². The molecule has 0 amide bonds. The molecule has 82 valence electrons. The van der Waals surface area contributed by atoms with Gasteiger partial charge in [0.05, 0.1) is 18.6 Å². The van der Waals surface area contributed by atoms with Gasteiger partial charge in [-0.15, -0.1) is 0 Å². The second-order valence-electron chi connectivity index (χ2n) is 3.76. The summed E-state index contributed by atoms with van der Waals surface area (Å²) in [7, 11) is 0. The maximum absolute atomic E-state index is 11.8. The first-order chi connectivity index (χ1) is 6.68. The monoisotopic (exact) mass is 201 g/mol. The van der Waals surface area contributed by atoms with Crippen LogP contribution in [0.1, 0.15) is 26.7 Å². The molecule has 0 aromatic rings. The van der Waals surface area contributed by atoms with Crippen LogP contribution in [0, 0.1) is 5.41 Å². The zero-order chi connectivity index (χ0) is 10.6. The van der Waals surface area contributed by atoms with Crippen molar-refractivity contribution in [1.82, 2.24) is 0 Å². The van der Waals surface area contributed by atoms with E-state index in [-0.39, 0.29) is 12.1 Å². The Morgan fingerprint density at radius 3 is 2.36 bits per heavy atom. The average Bonchev–Trinajstić information content (AvgIpc) is 2.15. The van der Waals surface area contributed by atoms with Crippen molar-refractivity contribution >= 4 is 5.97 Å². The van der Waals surface area contributed by atoms with E-state index < -0.39 is 5.41 Å². The second kappa shape index (κ2) is 4.75. The zero-order valence-corrected chi connectivity index (χ0v) is 8.91. The summed E-state index contributed by atoms with van der Waals surface area (Å²) in [6.07, 6.45) is 1.41. The number of nitrogens with two attached hydrogens (primary N) is 1. The van der Waals surface area contributed by atoms with Gasteiger partial charge in [-0.1, -0.05) is 13.8 Å². The Morgan fingerprint density at radius 2 is 2.07 bits per heavy atom. The summed E-state index contributed by atoms with van der Waals surface area (Å²) in [6, 6.07) is 0. The number of ether oxygens (including phenoxy) is 2. The summed E-state index contributed by atoms with van der Waals surface area (Å²) < 4.78 is 10.2. The van der Waals surface area contributed by atoms with Crippen molar-refractivity contribution < 1.29 is 14.3 Å². The van der Waals surface area contributed by atoms with Gasteiger partial charge in [-0.25, -0.2) is 0 Å². The maximum atomic E-state index is 11.8. The van der Waals surface area contributed by atoms with Crippen LogP contribution in [-0.4, -0.2) is 31.8 Å². The molecule has 0 bridgehead atoms. The number of rotatable bonds is 5. The van der Waals surface area contributed by atoms with E-state index in [2.05, 4.69) is 0 Å². The predicted octanol–water partition coefficient (Wildman–Crippen LogP) is 0.693. The molecule has 0 aromatic heterocycles. The number of hydrogen-bond acceptors (Lipinski definition) is 4. The van der Waals surface area contributed by atoms with Gasteiger partial charge in [0.25, 0.3) is 0 Å². The van der Waals surface area contributed by atoms with Crippen LogP contribution in [0.5, 0.6) is 0 Å². The van der Waals surface area contributed by atoms with Crippen molar-refractivity contribution in [3.63, 3.8) is 0 Å². The first-order valence-corrected chi connectivity index (χ1v) is 5.17. The fourth-order valence-corrected chi connectivity index (χ4v) is 1.47. The fourth-order valence-electron chi connectivity index (χ4n) is 1.47. The van der Waals surface area contributed by atoms with E-state index in [1.54, 1.807) is 0 Å². The molecule has 1 rings (SSSR count). The number of carbonyl (C=O) groups excluding carboxylic acids is 1. The van der Waals surface area contributed by atoms with Crippen molar-refractivity contribution in [2.24, 2.45) is 11.1 Å². The molecule has 14 heavy (non-hydrogen) atoms. The van der Waals surface area contributed by atoms with Gasteiger partial charge in [0.1, 0.15) is 6.10 Å². The lowest BCUT2D eigenvalue weighted by molar-refractivity contribution is -0.183. The first-order valence-electron chi connectivity index (χ1n) is 5.17. The first kappa shape index (κ1) is 11.5. The summed E-state index contributed by atoms with van der Waals surface area (Å²) in [5.74, 6) is -0.168. The molecular weight excluding hydrogens is 182 g/mol. The minimum absolute atomic E-state index is 0.0495. The summed E-state index contributed by atoms with van der Waals surface area (Å²) in [5, 5.41) is 0. The van der Waals surface area contributed by atoms with E-state index in [1.165, 1.54) is 0 Å². The Kier molecular flexibility index (Phi) is 3.89. The van der Waals surface area contributed by atoms with Gasteiger partial charge in [-0.05, 0) is 12.8 Å². The van der Waals surface area contributed by atoms with Gasteiger partial charge >= 0.3 is 5.97 Å². The molecule has 1 aliphatic heterocycles. The highest BCUT2D eigenvalue weighted by Crippen LogP contribution is 2.27. The van der Waals surface area contributed by atoms with Crippen molar-refractivity contribution in [2.75, 3.05) is 19.8 Å². The third kappa shape index (κ3) is 2.07. The number of hydrogen-bond donors (Lipinski definition) is 1. The van der Waals surface area contributed by atoms with Crippen molar-refractivity contribution in [1.29, 1.82) is 0 Å². The van der Waals surface area contributed by atoms with Gasteiger partial charge in [0, 0.05) is 6.54 Å². The topological polar surface area (TPSA) is 61.6 Å². The van der Waals surface area contributed by atoms with Gasteiger partial charge in [0.15, 0.2) is 0 Å². The predicted molar refractivity (Wildman–Crippen MR) is 52.8 cm³/mol. The van der Waals surface area contributed by atoms with Gasteiger partial charge in [0.2, 0.25) is 0 Å². The smallest absolute Gasteiger partial charge is 0.313 e. The molecule has 0 aliphatic carbocycles. The molecule has 4 nitrogen and oxygen atoms in total. The summed E-state index contributed by atoms with van der Waals surface area (Å²) in [6.45, 7) is 5.34. The van der Waals surface area contributed by atoms with Gasteiger partial charge < -0.3 is 15.2 Å². The molecule has 0 aromatic carbocycles. The van der Waals surface area contributed by atoms with E-state index >= 15 is 0 Å². The SMILES string of the molecule is CCC(CC)(CN)C(=O)OC1COC1. The molecule has 0 saturated carbocycles. The third-order valence-electron chi connectivity index (χ3n) is 3.06. The van der Waals surface area contributed by atoms with E-state index in [1.807, 2.05) is 13.8 Å². The minimum atomic E-state index is -0.490. The van der Waals surface area contributed by atoms with Crippen LogP contribution in [0.15, 0.2) is 0 Å². The Morgan fingerprint density at radius 1 is 1.50 bits per heavy atom. The Labute approximate surface area is 84.7 Å². The van der Waals surface area contributed by atoms with Crippen LogP contribution < -0.4 is 5.73 Å². The number of esters is 1. The minimum Gasteiger partial charge on any atom is -0.457 e. The number of carbonyl (C=O) groups is 1. The van der Waals surface area contributed by atoms with Gasteiger partial charge in [-0.3, -0.25) is 4.79 Å². The highest BCUT2D eigenvalue weighted by atomic mass is 16.6. The van der Waals surface area contributed by atoms with Crippen LogP contribution in [0.4, 0.5) is 0 Å². The van der Waals surface area contributed by atoms with E-state index in [0.717, 1.165) is 12.8 Å². The molecule has 0 spiro atoms. The Bertz CT molecular complexity index is 189. The lowest BCUT2D eigenvalue weighted by Gasteiger charge is -2.32. The molecule has 0 unspecified atom stereocenters. The standard InChI is InChI=1S/C10H19NO3/c1-3-10(4-2,7-11)9(12)14-8-5-13-6-8/h8H,3-7,11H2,1-2H3. The van der Waals surface area contributed by atoms with E-state index in [9.17, 15) is 4.79 Å². The molecule has 1 aliphatic rings. The van der Waals surface area contributed by atoms with Crippen molar-refractivity contribution in [3.8, 4) is 0 Å². The van der Waals surface area contributed by atoms with Crippen molar-refractivity contribution in [3.05, 3.63) is 0 Å². The lowest BCUT2D eigenvalue weighted by atomic mass is 9.82. The molecule has 2 N–H and O–H groups in total. The Balaban J connectivity index is 2.52. The lowest BCUT2D eigenvalue weighted by Crippen LogP contribution is -2.45. The second-order valence-corrected chi connectivity index (χ2v) is 3.76. The average molecular weight is 201 g/mol. The van der Waals surface area contributed by atoms with Crippen LogP contribution in [0.2, 0.25) is 0 Å². The quantitative estimate of drug-likeness (QED) is 0.665. The van der Waals surface area contributed by atoms with Crippen molar-refractivity contribution in [2.45, 2.75) is 32.8 Å². The van der Waals surface area contributed by atoms with Crippen LogP contribution >= 0.6 is 0 Å². The van der Waals surface area contributed by atoms with Crippen LogP contribution in [-0.2, 0) is 14.3 Å². The molecule has 1 heterocycles. The van der Waals surface area contributed by atoms with Gasteiger partial charge in [-0.2, -0.15) is 0 Å². The molecular formula is C10H19NO3. The molecule has 4 heteroatoms. The molecule has 1 fully saturated rings. The molecule has 1 saturated heterocycles. The van der Waals surface area contributed by atoms with E-state index in [0.29, 0.717) is 19.8 Å². The molecule has 0 radical (unpaired) electrons. The fraction of sp³-hybridized carbons (Fsp3) is 0.900. The molecule has 0 atom stereocenters. The Hall–Kier alpha value is -0.610. The largest absolute Gasteiger partial charge is 0.457 e. The maximum Gasteiger partial charge on any atom is 0.313 e. The van der Waals surface area contributed by atoms with Crippen LogP contribution in [0.3, 0.4) is 0 Å². The normalized spacial score (nSPS) is 17.6.